The van der Waals surface area contributed by atoms with Crippen LogP contribution in [0.1, 0.15) is 12.8 Å². The van der Waals surface area contributed by atoms with E-state index in [-0.39, 0.29) is 18.6 Å². The number of fused-ring (bicyclic) bond motifs is 2. The van der Waals surface area contributed by atoms with Crippen LogP contribution in [-0.2, 0) is 4.79 Å². The van der Waals surface area contributed by atoms with Gasteiger partial charge < -0.3 is 23.8 Å². The van der Waals surface area contributed by atoms with Crippen molar-refractivity contribution in [2.75, 3.05) is 36.7 Å². The van der Waals surface area contributed by atoms with Crippen LogP contribution in [0.15, 0.2) is 40.9 Å². The molecule has 0 atom stereocenters. The molecule has 150 valence electrons. The summed E-state index contributed by atoms with van der Waals surface area (Å²) in [6.07, 6.45) is 1.51. The number of carbonyl (C=O) groups excluding carboxylic acids is 1. The predicted molar refractivity (Wildman–Crippen MR) is 110 cm³/mol. The van der Waals surface area contributed by atoms with Crippen molar-refractivity contribution in [1.29, 1.82) is 0 Å². The molecule has 0 bridgehead atoms. The molecule has 5 rings (SSSR count). The van der Waals surface area contributed by atoms with Gasteiger partial charge in [-0.2, -0.15) is 0 Å². The highest BCUT2D eigenvalue weighted by molar-refractivity contribution is 6.31. The fraction of sp³-hybridized carbons (Fsp3) is 0.333. The summed E-state index contributed by atoms with van der Waals surface area (Å²) < 4.78 is 16.2. The highest BCUT2D eigenvalue weighted by atomic mass is 35.5. The lowest BCUT2D eigenvalue weighted by atomic mass is 9.95. The van der Waals surface area contributed by atoms with Crippen molar-refractivity contribution in [2.24, 2.45) is 5.92 Å². The maximum Gasteiger partial charge on any atom is 0.231 e. The third-order valence-electron chi connectivity index (χ3n) is 5.63. The van der Waals surface area contributed by atoms with Crippen LogP contribution < -0.4 is 19.3 Å². The molecule has 2 aliphatic rings. The number of carbonyl (C=O) groups is 1. The van der Waals surface area contributed by atoms with E-state index in [2.05, 4.69) is 10.1 Å². The molecule has 3 aromatic rings. The molecule has 0 radical (unpaired) electrons. The molecule has 0 unspecified atom stereocenters. The molecule has 2 aliphatic heterocycles. The Morgan fingerprint density at radius 3 is 2.76 bits per heavy atom. The van der Waals surface area contributed by atoms with Crippen molar-refractivity contribution in [3.05, 3.63) is 41.4 Å². The molecule has 0 aliphatic carbocycles. The van der Waals surface area contributed by atoms with Gasteiger partial charge in [0.25, 0.3) is 0 Å². The van der Waals surface area contributed by atoms with Crippen molar-refractivity contribution in [1.82, 2.24) is 5.16 Å². The van der Waals surface area contributed by atoms with Crippen LogP contribution in [0.5, 0.6) is 11.5 Å². The van der Waals surface area contributed by atoms with E-state index in [1.165, 1.54) is 0 Å². The van der Waals surface area contributed by atoms with Gasteiger partial charge in [-0.25, -0.2) is 0 Å². The van der Waals surface area contributed by atoms with Crippen LogP contribution in [0.2, 0.25) is 5.02 Å². The highest BCUT2D eigenvalue weighted by Crippen LogP contribution is 2.36. The van der Waals surface area contributed by atoms with Gasteiger partial charge >= 0.3 is 0 Å². The Labute approximate surface area is 172 Å². The third kappa shape index (κ3) is 3.25. The molecule has 7 nitrogen and oxygen atoms in total. The second-order valence-electron chi connectivity index (χ2n) is 7.34. The summed E-state index contributed by atoms with van der Waals surface area (Å²) in [5.74, 6) is 2.24. The van der Waals surface area contributed by atoms with Gasteiger partial charge in [0.05, 0.1) is 5.39 Å². The fourth-order valence-corrected chi connectivity index (χ4v) is 4.13. The van der Waals surface area contributed by atoms with Gasteiger partial charge in [-0.05, 0) is 43.2 Å². The SMILES string of the molecule is CN(C(=O)C1CCN(c2noc3ccc(Cl)cc23)CC1)c1ccc2c(c1)OCO2. The Hall–Kier alpha value is -2.93. The lowest BCUT2D eigenvalue weighted by Crippen LogP contribution is -2.41. The first-order chi connectivity index (χ1) is 14.1. The number of hydrogen-bond acceptors (Lipinski definition) is 6. The van der Waals surface area contributed by atoms with Crippen molar-refractivity contribution in [3.63, 3.8) is 0 Å². The van der Waals surface area contributed by atoms with E-state index in [1.807, 2.05) is 30.3 Å². The first kappa shape index (κ1) is 18.1. The molecule has 3 heterocycles. The molecule has 1 saturated heterocycles. The summed E-state index contributed by atoms with van der Waals surface area (Å²) in [5, 5.41) is 5.77. The number of amides is 1. The molecule has 0 spiro atoms. The average molecular weight is 414 g/mol. The van der Waals surface area contributed by atoms with Gasteiger partial charge in [0, 0.05) is 42.8 Å². The van der Waals surface area contributed by atoms with Crippen LogP contribution in [0, 0.1) is 5.92 Å². The first-order valence-electron chi connectivity index (χ1n) is 9.57. The smallest absolute Gasteiger partial charge is 0.231 e. The Kier molecular flexibility index (Phi) is 4.47. The van der Waals surface area contributed by atoms with Crippen LogP contribution in [0.3, 0.4) is 0 Å². The molecule has 1 aromatic heterocycles. The van der Waals surface area contributed by atoms with Gasteiger partial charge in [-0.3, -0.25) is 4.79 Å². The number of piperidine rings is 1. The average Bonchev–Trinajstić information content (AvgIpc) is 3.38. The molecular weight excluding hydrogens is 394 g/mol. The van der Waals surface area contributed by atoms with Crippen LogP contribution >= 0.6 is 11.6 Å². The van der Waals surface area contributed by atoms with E-state index >= 15 is 0 Å². The lowest BCUT2D eigenvalue weighted by Gasteiger charge is -2.33. The van der Waals surface area contributed by atoms with Gasteiger partial charge in [0.1, 0.15) is 0 Å². The normalized spacial score (nSPS) is 16.4. The highest BCUT2D eigenvalue weighted by Gasteiger charge is 2.30. The van der Waals surface area contributed by atoms with E-state index in [0.717, 1.165) is 42.8 Å². The topological polar surface area (TPSA) is 68.0 Å². The summed E-state index contributed by atoms with van der Waals surface area (Å²) in [6, 6.07) is 11.0. The van der Waals surface area contributed by atoms with Crippen LogP contribution in [0.25, 0.3) is 11.0 Å². The monoisotopic (exact) mass is 413 g/mol. The zero-order chi connectivity index (χ0) is 20.0. The third-order valence-corrected chi connectivity index (χ3v) is 5.87. The van der Waals surface area contributed by atoms with Gasteiger partial charge in [0.15, 0.2) is 22.9 Å². The Morgan fingerprint density at radius 2 is 1.93 bits per heavy atom. The van der Waals surface area contributed by atoms with Crippen LogP contribution in [0.4, 0.5) is 11.5 Å². The number of benzene rings is 2. The molecule has 0 saturated carbocycles. The number of nitrogens with zero attached hydrogens (tertiary/aromatic N) is 3. The van der Waals surface area contributed by atoms with E-state index < -0.39 is 0 Å². The molecule has 8 heteroatoms. The van der Waals surface area contributed by atoms with Gasteiger partial charge in [0.2, 0.25) is 12.7 Å². The van der Waals surface area contributed by atoms with Gasteiger partial charge in [-0.15, -0.1) is 0 Å². The zero-order valence-electron chi connectivity index (χ0n) is 15.9. The second-order valence-corrected chi connectivity index (χ2v) is 7.78. The summed E-state index contributed by atoms with van der Waals surface area (Å²) in [7, 11) is 1.80. The Bertz CT molecular complexity index is 1070. The number of halogens is 1. The molecule has 1 amide bonds. The van der Waals surface area contributed by atoms with E-state index in [4.69, 9.17) is 25.6 Å². The number of aromatic nitrogens is 1. The van der Waals surface area contributed by atoms with E-state index in [1.54, 1.807) is 18.0 Å². The minimum absolute atomic E-state index is 0.0385. The van der Waals surface area contributed by atoms with Gasteiger partial charge in [-0.1, -0.05) is 16.8 Å². The summed E-state index contributed by atoms with van der Waals surface area (Å²) in [6.45, 7) is 1.69. The minimum Gasteiger partial charge on any atom is -0.454 e. The van der Waals surface area contributed by atoms with Crippen molar-refractivity contribution in [3.8, 4) is 11.5 Å². The van der Waals surface area contributed by atoms with Crippen molar-refractivity contribution < 1.29 is 18.8 Å². The number of hydrogen-bond donors (Lipinski definition) is 0. The molecular formula is C21H20ClN3O4. The second kappa shape index (κ2) is 7.15. The van der Waals surface area contributed by atoms with Crippen LogP contribution in [-0.4, -0.2) is 38.0 Å². The Morgan fingerprint density at radius 1 is 1.14 bits per heavy atom. The molecule has 1 fully saturated rings. The van der Waals surface area contributed by atoms with Crippen molar-refractivity contribution >= 4 is 40.0 Å². The molecule has 0 N–H and O–H groups in total. The maximum absolute atomic E-state index is 13.0. The minimum atomic E-state index is -0.0385. The maximum atomic E-state index is 13.0. The number of rotatable bonds is 3. The quantitative estimate of drug-likeness (QED) is 0.644. The Balaban J connectivity index is 1.27. The fourth-order valence-electron chi connectivity index (χ4n) is 3.96. The predicted octanol–water partition coefficient (Wildman–Crippen LogP) is 4.09. The summed E-state index contributed by atoms with van der Waals surface area (Å²) >= 11 is 6.12. The first-order valence-corrected chi connectivity index (χ1v) is 9.95. The largest absolute Gasteiger partial charge is 0.454 e. The van der Waals surface area contributed by atoms with Crippen molar-refractivity contribution in [2.45, 2.75) is 12.8 Å². The number of ether oxygens (including phenoxy) is 2. The number of anilines is 2. The molecule has 29 heavy (non-hydrogen) atoms. The molecule has 2 aromatic carbocycles. The lowest BCUT2D eigenvalue weighted by molar-refractivity contribution is -0.122. The van der Waals surface area contributed by atoms with E-state index in [0.29, 0.717) is 22.1 Å². The summed E-state index contributed by atoms with van der Waals surface area (Å²) in [4.78, 5) is 16.9. The summed E-state index contributed by atoms with van der Waals surface area (Å²) in [5.41, 5.74) is 1.52. The zero-order valence-corrected chi connectivity index (χ0v) is 16.7. The standard InChI is InChI=1S/C21H20ClN3O4/c1-24(15-3-5-18-19(11-15)28-12-27-18)21(26)13-6-8-25(9-7-13)20-16-10-14(22)2-4-17(16)29-23-20/h2-5,10-11,13H,6-9,12H2,1H3. The van der Waals surface area contributed by atoms with E-state index in [9.17, 15) is 4.79 Å².